The smallest absolute Gasteiger partial charge is 0.136 e. The van der Waals surface area contributed by atoms with Crippen molar-refractivity contribution in [2.45, 2.75) is 19.5 Å². The molecule has 0 fully saturated rings. The molecule has 0 atom stereocenters. The normalized spacial score (nSPS) is 14.3. The molecule has 0 saturated carbocycles. The number of hydrogen-bond acceptors (Lipinski definition) is 5. The Kier molecular flexibility index (Phi) is 3.25. The van der Waals surface area contributed by atoms with E-state index in [-0.39, 0.29) is 0 Å². The van der Waals surface area contributed by atoms with E-state index < -0.39 is 0 Å². The molecule has 1 aliphatic rings. The van der Waals surface area contributed by atoms with Gasteiger partial charge in [0.05, 0.1) is 12.2 Å². The van der Waals surface area contributed by atoms with Crippen molar-refractivity contribution < 1.29 is 0 Å². The van der Waals surface area contributed by atoms with Crippen LogP contribution in [0.15, 0.2) is 23.8 Å². The monoisotopic (exact) mass is 260 g/mol. The van der Waals surface area contributed by atoms with Crippen LogP contribution >= 0.6 is 11.3 Å². The third-order valence-corrected chi connectivity index (χ3v) is 4.05. The molecule has 3 heterocycles. The molecule has 5 heteroatoms. The maximum Gasteiger partial charge on any atom is 0.136 e. The molecule has 1 aliphatic heterocycles. The molecule has 0 spiro atoms. The zero-order chi connectivity index (χ0) is 12.4. The Morgan fingerprint density at radius 1 is 1.44 bits per heavy atom. The summed E-state index contributed by atoms with van der Waals surface area (Å²) < 4.78 is 0. The van der Waals surface area contributed by atoms with Crippen LogP contribution in [0.4, 0.5) is 5.82 Å². The van der Waals surface area contributed by atoms with E-state index in [0.717, 1.165) is 31.9 Å². The lowest BCUT2D eigenvalue weighted by atomic mass is 10.1. The van der Waals surface area contributed by atoms with Gasteiger partial charge in [0.15, 0.2) is 0 Å². The van der Waals surface area contributed by atoms with Gasteiger partial charge in [-0.05, 0) is 11.4 Å². The van der Waals surface area contributed by atoms with Gasteiger partial charge in [0, 0.05) is 37.0 Å². The Hall–Kier alpha value is -1.46. The van der Waals surface area contributed by atoms with E-state index in [1.54, 1.807) is 17.7 Å². The van der Waals surface area contributed by atoms with Crippen molar-refractivity contribution >= 4 is 17.2 Å². The number of fused-ring (bicyclic) bond motifs is 1. The molecule has 0 amide bonds. The highest BCUT2D eigenvalue weighted by Crippen LogP contribution is 2.23. The predicted octanol–water partition coefficient (Wildman–Crippen LogP) is 1.82. The van der Waals surface area contributed by atoms with Gasteiger partial charge in [-0.3, -0.25) is 0 Å². The van der Waals surface area contributed by atoms with Gasteiger partial charge in [0.25, 0.3) is 0 Å². The molecule has 4 nitrogen and oxygen atoms in total. The van der Waals surface area contributed by atoms with Crippen LogP contribution in [0.2, 0.25) is 0 Å². The topological polar surface area (TPSA) is 41.1 Å². The molecular formula is C13H16N4S. The van der Waals surface area contributed by atoms with Crippen molar-refractivity contribution in [3.63, 3.8) is 0 Å². The zero-order valence-corrected chi connectivity index (χ0v) is 11.2. The first kappa shape index (κ1) is 11.6. The molecule has 0 bridgehead atoms. The zero-order valence-electron chi connectivity index (χ0n) is 10.4. The highest BCUT2D eigenvalue weighted by atomic mass is 32.1. The molecule has 0 unspecified atom stereocenters. The van der Waals surface area contributed by atoms with Crippen LogP contribution in [0, 0.1) is 0 Å². The van der Waals surface area contributed by atoms with Crippen LogP contribution in [-0.4, -0.2) is 23.6 Å². The number of rotatable bonds is 3. The second-order valence-corrected chi connectivity index (χ2v) is 5.52. The molecule has 1 N–H and O–H groups in total. The van der Waals surface area contributed by atoms with Crippen molar-refractivity contribution in [1.29, 1.82) is 0 Å². The molecule has 0 aromatic carbocycles. The Balaban J connectivity index is 1.87. The third-order valence-electron chi connectivity index (χ3n) is 3.19. The first-order valence-electron chi connectivity index (χ1n) is 6.11. The van der Waals surface area contributed by atoms with Gasteiger partial charge in [-0.15, -0.1) is 11.3 Å². The summed E-state index contributed by atoms with van der Waals surface area (Å²) in [6.45, 7) is 2.79. The van der Waals surface area contributed by atoms with E-state index in [2.05, 4.69) is 44.7 Å². The van der Waals surface area contributed by atoms with Crippen LogP contribution < -0.4 is 10.2 Å². The van der Waals surface area contributed by atoms with Crippen molar-refractivity contribution in [2.24, 2.45) is 0 Å². The van der Waals surface area contributed by atoms with Gasteiger partial charge < -0.3 is 10.2 Å². The quantitative estimate of drug-likeness (QED) is 0.914. The highest BCUT2D eigenvalue weighted by molar-refractivity contribution is 7.09. The Morgan fingerprint density at radius 2 is 2.39 bits per heavy atom. The summed E-state index contributed by atoms with van der Waals surface area (Å²) >= 11 is 1.78. The van der Waals surface area contributed by atoms with Gasteiger partial charge in [0.2, 0.25) is 0 Å². The average molecular weight is 260 g/mol. The lowest BCUT2D eigenvalue weighted by Crippen LogP contribution is -2.28. The molecular weight excluding hydrogens is 244 g/mol. The van der Waals surface area contributed by atoms with Crippen LogP contribution in [0.5, 0.6) is 0 Å². The summed E-state index contributed by atoms with van der Waals surface area (Å²) in [5.41, 5.74) is 2.44. The standard InChI is InChI=1S/C13H16N4S/c1-17(8-10-3-2-6-18-10)13-11-7-14-5-4-12(11)15-9-16-13/h2-3,6,9,14H,4-5,7-8H2,1H3. The molecule has 0 aliphatic carbocycles. The summed E-state index contributed by atoms with van der Waals surface area (Å²) in [6, 6.07) is 4.25. The van der Waals surface area contributed by atoms with Crippen molar-refractivity contribution in [3.05, 3.63) is 40.0 Å². The van der Waals surface area contributed by atoms with E-state index in [1.165, 1.54) is 16.1 Å². The molecule has 94 valence electrons. The second-order valence-electron chi connectivity index (χ2n) is 4.48. The largest absolute Gasteiger partial charge is 0.354 e. The summed E-state index contributed by atoms with van der Waals surface area (Å²) in [6.07, 6.45) is 2.68. The first-order valence-corrected chi connectivity index (χ1v) is 6.99. The first-order chi connectivity index (χ1) is 8.84. The van der Waals surface area contributed by atoms with Crippen LogP contribution in [0.25, 0.3) is 0 Å². The van der Waals surface area contributed by atoms with Crippen LogP contribution in [0.3, 0.4) is 0 Å². The van der Waals surface area contributed by atoms with E-state index >= 15 is 0 Å². The van der Waals surface area contributed by atoms with E-state index in [9.17, 15) is 0 Å². The second kappa shape index (κ2) is 5.04. The van der Waals surface area contributed by atoms with Crippen molar-refractivity contribution in [2.75, 3.05) is 18.5 Å². The maximum atomic E-state index is 4.45. The minimum atomic E-state index is 0.875. The number of thiophene rings is 1. The molecule has 0 saturated heterocycles. The number of aromatic nitrogens is 2. The fourth-order valence-electron chi connectivity index (χ4n) is 2.29. The summed E-state index contributed by atoms with van der Waals surface area (Å²) in [7, 11) is 2.09. The SMILES string of the molecule is CN(Cc1cccs1)c1ncnc2c1CNCC2. The minimum Gasteiger partial charge on any atom is -0.354 e. The van der Waals surface area contributed by atoms with Crippen molar-refractivity contribution in [3.8, 4) is 0 Å². The molecule has 2 aromatic rings. The Morgan fingerprint density at radius 3 is 3.22 bits per heavy atom. The van der Waals surface area contributed by atoms with E-state index in [0.29, 0.717) is 0 Å². The lowest BCUT2D eigenvalue weighted by molar-refractivity contribution is 0.623. The number of hydrogen-bond donors (Lipinski definition) is 1. The summed E-state index contributed by atoms with van der Waals surface area (Å²) in [5, 5.41) is 5.50. The number of nitrogens with one attached hydrogen (secondary N) is 1. The predicted molar refractivity (Wildman–Crippen MR) is 73.9 cm³/mol. The molecule has 0 radical (unpaired) electrons. The van der Waals surface area contributed by atoms with Gasteiger partial charge >= 0.3 is 0 Å². The Bertz CT molecular complexity index is 524. The van der Waals surface area contributed by atoms with Crippen molar-refractivity contribution in [1.82, 2.24) is 15.3 Å². The van der Waals surface area contributed by atoms with E-state index in [1.807, 2.05) is 0 Å². The molecule has 18 heavy (non-hydrogen) atoms. The van der Waals surface area contributed by atoms with Gasteiger partial charge in [-0.25, -0.2) is 9.97 Å². The number of nitrogens with zero attached hydrogens (tertiary/aromatic N) is 3. The average Bonchev–Trinajstić information content (AvgIpc) is 2.91. The maximum absolute atomic E-state index is 4.45. The Labute approximate surface area is 111 Å². The van der Waals surface area contributed by atoms with Crippen LogP contribution in [-0.2, 0) is 19.5 Å². The minimum absolute atomic E-state index is 0.875. The molecule has 3 rings (SSSR count). The summed E-state index contributed by atoms with van der Waals surface area (Å²) in [5.74, 6) is 1.06. The van der Waals surface area contributed by atoms with E-state index in [4.69, 9.17) is 0 Å². The van der Waals surface area contributed by atoms with Gasteiger partial charge in [-0.2, -0.15) is 0 Å². The third kappa shape index (κ3) is 2.23. The summed E-state index contributed by atoms with van der Waals surface area (Å²) in [4.78, 5) is 12.4. The fraction of sp³-hybridized carbons (Fsp3) is 0.385. The lowest BCUT2D eigenvalue weighted by Gasteiger charge is -2.24. The van der Waals surface area contributed by atoms with Gasteiger partial charge in [-0.1, -0.05) is 6.07 Å². The van der Waals surface area contributed by atoms with Gasteiger partial charge in [0.1, 0.15) is 12.1 Å². The fourth-order valence-corrected chi connectivity index (χ4v) is 3.05. The van der Waals surface area contributed by atoms with Crippen LogP contribution in [0.1, 0.15) is 16.1 Å². The number of anilines is 1. The highest BCUT2D eigenvalue weighted by Gasteiger charge is 2.17. The molecule has 2 aromatic heterocycles.